The number of piperidine rings is 1. The topological polar surface area (TPSA) is 124 Å². The van der Waals surface area contributed by atoms with Crippen molar-refractivity contribution in [3.8, 4) is 22.9 Å². The van der Waals surface area contributed by atoms with Crippen molar-refractivity contribution in [2.24, 2.45) is 11.3 Å². The maximum atomic E-state index is 15.3. The quantitative estimate of drug-likeness (QED) is 0.191. The van der Waals surface area contributed by atoms with Gasteiger partial charge in [0.25, 0.3) is 0 Å². The minimum Gasteiger partial charge on any atom is -0.444 e. The summed E-state index contributed by atoms with van der Waals surface area (Å²) in [5, 5.41) is 4.48. The molecule has 2 aromatic heterocycles. The van der Waals surface area contributed by atoms with Crippen molar-refractivity contribution >= 4 is 32.7 Å². The number of amides is 1. The van der Waals surface area contributed by atoms with E-state index in [-0.39, 0.29) is 40.5 Å². The molecule has 1 N–H and O–H groups in total. The number of nitrogens with zero attached hydrogens (tertiary/aromatic N) is 4. The number of halogens is 1. The minimum absolute atomic E-state index is 0.0584. The molecule has 0 bridgehead atoms. The summed E-state index contributed by atoms with van der Waals surface area (Å²) < 4.78 is 53.8. The average molecular weight is 688 g/mol. The SMILES string of the molecule is Cc1ccc2c(CS(=O)(=O)CC3CC34CC4)c(F)ccc2c1Oc1ncccc1-c1ccnc(N[C@H]2CCCN(C(=O)OC(C)(C)C)C2)n1. The molecule has 1 aliphatic heterocycles. The second-order valence-corrected chi connectivity index (χ2v) is 16.9. The first-order valence-electron chi connectivity index (χ1n) is 16.9. The van der Waals surface area contributed by atoms with Gasteiger partial charge in [-0.1, -0.05) is 12.1 Å². The van der Waals surface area contributed by atoms with Crippen LogP contribution in [0.2, 0.25) is 0 Å². The molecular weight excluding hydrogens is 646 g/mol. The molecule has 2 aliphatic carbocycles. The van der Waals surface area contributed by atoms with Gasteiger partial charge in [-0.25, -0.2) is 32.6 Å². The smallest absolute Gasteiger partial charge is 0.410 e. The summed E-state index contributed by atoms with van der Waals surface area (Å²) in [6.07, 6.45) is 7.78. The number of anilines is 1. The standard InChI is InChI=1S/C37H42FN5O5S/c1-23-9-10-26-27(11-12-30(38)29(26)22-49(45,46)21-24-19-37(24)14-15-37)32(23)47-33-28(8-5-16-39-33)31-13-17-40-34(42-31)41-25-7-6-18-43(20-25)35(44)48-36(2,3)4/h5,8-13,16-17,24-25H,6-7,14-15,18-22H2,1-4H3,(H,40,41,42)/t24?,25-/m0/s1. The number of aromatic nitrogens is 3. The van der Waals surface area contributed by atoms with E-state index in [0.717, 1.165) is 37.7 Å². The van der Waals surface area contributed by atoms with Gasteiger partial charge in [-0.3, -0.25) is 0 Å². The number of carbonyl (C=O) groups is 1. The molecule has 3 fully saturated rings. The van der Waals surface area contributed by atoms with Crippen LogP contribution in [0.4, 0.5) is 15.1 Å². The first kappa shape index (κ1) is 33.2. The summed E-state index contributed by atoms with van der Waals surface area (Å²) in [6, 6.07) is 11.9. The van der Waals surface area contributed by atoms with Gasteiger partial charge < -0.3 is 19.7 Å². The molecule has 3 heterocycles. The predicted molar refractivity (Wildman–Crippen MR) is 186 cm³/mol. The van der Waals surface area contributed by atoms with Gasteiger partial charge in [-0.2, -0.15) is 0 Å². The van der Waals surface area contributed by atoms with Crippen LogP contribution in [-0.2, 0) is 20.3 Å². The molecule has 49 heavy (non-hydrogen) atoms. The summed E-state index contributed by atoms with van der Waals surface area (Å²) in [5.74, 6) is 0.567. The Hall–Kier alpha value is -4.32. The highest BCUT2D eigenvalue weighted by Crippen LogP contribution is 2.70. The van der Waals surface area contributed by atoms with Crippen molar-refractivity contribution in [2.45, 2.75) is 77.2 Å². The maximum absolute atomic E-state index is 15.3. The van der Waals surface area contributed by atoms with Crippen LogP contribution in [0.5, 0.6) is 11.6 Å². The van der Waals surface area contributed by atoms with E-state index in [1.807, 2.05) is 39.8 Å². The van der Waals surface area contributed by atoms with Crippen LogP contribution in [-0.4, -0.2) is 64.8 Å². The lowest BCUT2D eigenvalue weighted by Gasteiger charge is -2.34. The lowest BCUT2D eigenvalue weighted by molar-refractivity contribution is 0.0206. The van der Waals surface area contributed by atoms with E-state index in [0.29, 0.717) is 52.7 Å². The van der Waals surface area contributed by atoms with Crippen molar-refractivity contribution in [2.75, 3.05) is 24.2 Å². The van der Waals surface area contributed by atoms with Crippen LogP contribution >= 0.6 is 0 Å². The Balaban J connectivity index is 1.12. The third-order valence-corrected chi connectivity index (χ3v) is 11.4. The lowest BCUT2D eigenvalue weighted by Crippen LogP contribution is -2.47. The monoisotopic (exact) mass is 687 g/mol. The molecule has 258 valence electrons. The Labute approximate surface area is 286 Å². The zero-order chi connectivity index (χ0) is 34.6. The van der Waals surface area contributed by atoms with Gasteiger partial charge in [0.05, 0.1) is 22.8 Å². The van der Waals surface area contributed by atoms with Gasteiger partial charge in [-0.15, -0.1) is 0 Å². The first-order valence-corrected chi connectivity index (χ1v) is 18.7. The fraction of sp³-hybridized carbons (Fsp3) is 0.459. The highest BCUT2D eigenvalue weighted by Gasteiger charge is 2.63. The van der Waals surface area contributed by atoms with Crippen LogP contribution in [0.3, 0.4) is 0 Å². The van der Waals surface area contributed by atoms with E-state index < -0.39 is 21.3 Å². The van der Waals surface area contributed by atoms with E-state index >= 15 is 4.39 Å². The van der Waals surface area contributed by atoms with Crippen molar-refractivity contribution in [3.05, 3.63) is 71.8 Å². The number of ether oxygens (including phenoxy) is 2. The summed E-state index contributed by atoms with van der Waals surface area (Å²) in [6.45, 7) is 8.54. The van der Waals surface area contributed by atoms with Crippen LogP contribution in [0, 0.1) is 24.1 Å². The highest BCUT2D eigenvalue weighted by molar-refractivity contribution is 7.90. The van der Waals surface area contributed by atoms with Crippen molar-refractivity contribution < 1.29 is 27.1 Å². The van der Waals surface area contributed by atoms with E-state index in [2.05, 4.69) is 15.3 Å². The molecule has 3 aliphatic rings. The van der Waals surface area contributed by atoms with Gasteiger partial charge >= 0.3 is 6.09 Å². The second-order valence-electron chi connectivity index (χ2n) is 14.8. The van der Waals surface area contributed by atoms with Crippen LogP contribution in [0.1, 0.15) is 64.0 Å². The molecular formula is C37H42FN5O5S. The molecule has 1 spiro atoms. The highest BCUT2D eigenvalue weighted by atomic mass is 32.2. The van der Waals surface area contributed by atoms with Gasteiger partial charge in [0.1, 0.15) is 17.2 Å². The largest absolute Gasteiger partial charge is 0.444 e. The number of sulfone groups is 1. The third-order valence-electron chi connectivity index (χ3n) is 9.78. The Kier molecular flexibility index (Phi) is 8.49. The molecule has 2 saturated carbocycles. The number of rotatable bonds is 9. The Morgan fingerprint density at radius 2 is 1.88 bits per heavy atom. The first-order chi connectivity index (χ1) is 23.3. The number of aryl methyl sites for hydroxylation is 1. The van der Waals surface area contributed by atoms with Gasteiger partial charge in [-0.05, 0) is 112 Å². The van der Waals surface area contributed by atoms with E-state index in [9.17, 15) is 13.2 Å². The van der Waals surface area contributed by atoms with Crippen LogP contribution in [0.15, 0.2) is 54.9 Å². The number of hydrogen-bond acceptors (Lipinski definition) is 9. The van der Waals surface area contributed by atoms with E-state index in [4.69, 9.17) is 14.5 Å². The van der Waals surface area contributed by atoms with Crippen molar-refractivity contribution in [1.29, 1.82) is 0 Å². The van der Waals surface area contributed by atoms with Gasteiger partial charge in [0, 0.05) is 42.5 Å². The molecule has 4 aromatic rings. The molecule has 1 saturated heterocycles. The Morgan fingerprint density at radius 1 is 1.08 bits per heavy atom. The number of fused-ring (bicyclic) bond motifs is 1. The maximum Gasteiger partial charge on any atom is 0.410 e. The van der Waals surface area contributed by atoms with E-state index in [1.165, 1.54) is 6.07 Å². The molecule has 2 aromatic carbocycles. The molecule has 10 nitrogen and oxygen atoms in total. The number of carbonyl (C=O) groups excluding carboxylic acids is 1. The summed E-state index contributed by atoms with van der Waals surface area (Å²) >= 11 is 0. The van der Waals surface area contributed by atoms with E-state index in [1.54, 1.807) is 41.6 Å². The third kappa shape index (κ3) is 7.34. The number of benzene rings is 2. The normalized spacial score (nSPS) is 19.9. The Morgan fingerprint density at radius 3 is 2.63 bits per heavy atom. The minimum atomic E-state index is -3.51. The summed E-state index contributed by atoms with van der Waals surface area (Å²) in [7, 11) is -3.51. The lowest BCUT2D eigenvalue weighted by atomic mass is 10.0. The molecule has 0 radical (unpaired) electrons. The number of likely N-dealkylation sites (tertiary alicyclic amines) is 1. The fourth-order valence-electron chi connectivity index (χ4n) is 6.94. The molecule has 2 atom stereocenters. The molecule has 7 rings (SSSR count). The van der Waals surface area contributed by atoms with Crippen LogP contribution in [0.25, 0.3) is 22.0 Å². The fourth-order valence-corrected chi connectivity index (χ4v) is 8.88. The molecule has 12 heteroatoms. The van der Waals surface area contributed by atoms with Gasteiger partial charge in [0.15, 0.2) is 9.84 Å². The predicted octanol–water partition coefficient (Wildman–Crippen LogP) is 7.46. The molecule has 1 unspecified atom stereocenters. The molecule has 1 amide bonds. The zero-order valence-corrected chi connectivity index (χ0v) is 29.1. The van der Waals surface area contributed by atoms with Crippen molar-refractivity contribution in [3.63, 3.8) is 0 Å². The van der Waals surface area contributed by atoms with Gasteiger partial charge in [0.2, 0.25) is 11.8 Å². The average Bonchev–Trinajstić information content (AvgIpc) is 3.97. The van der Waals surface area contributed by atoms with Crippen LogP contribution < -0.4 is 10.1 Å². The second kappa shape index (κ2) is 12.5. The van der Waals surface area contributed by atoms with Crippen molar-refractivity contribution in [1.82, 2.24) is 19.9 Å². The number of nitrogens with one attached hydrogen (secondary N) is 1. The summed E-state index contributed by atoms with van der Waals surface area (Å²) in [4.78, 5) is 28.1. The number of pyridine rings is 1. The number of hydrogen-bond donors (Lipinski definition) is 1. The summed E-state index contributed by atoms with van der Waals surface area (Å²) in [5.41, 5.74) is 1.82. The Bertz CT molecular complexity index is 2030. The zero-order valence-electron chi connectivity index (χ0n) is 28.3.